The van der Waals surface area contributed by atoms with Gasteiger partial charge < -0.3 is 0 Å². The van der Waals surface area contributed by atoms with Crippen molar-refractivity contribution >= 4 is 5.78 Å². The van der Waals surface area contributed by atoms with Crippen LogP contribution in [0.5, 0.6) is 0 Å². The summed E-state index contributed by atoms with van der Waals surface area (Å²) in [5.41, 5.74) is 1.27. The summed E-state index contributed by atoms with van der Waals surface area (Å²) in [4.78, 5) is 20.9. The van der Waals surface area contributed by atoms with Crippen molar-refractivity contribution in [3.05, 3.63) is 60.2 Å². The third-order valence-electron chi connectivity index (χ3n) is 3.77. The Balaban J connectivity index is 2.01. The normalized spacial score (nSPS) is 16.9. The lowest BCUT2D eigenvalue weighted by molar-refractivity contribution is 0.0783. The van der Waals surface area contributed by atoms with E-state index in [2.05, 4.69) is 9.97 Å². The van der Waals surface area contributed by atoms with Crippen molar-refractivity contribution in [3.8, 4) is 0 Å². The van der Waals surface area contributed by atoms with Crippen molar-refractivity contribution < 1.29 is 4.79 Å². The van der Waals surface area contributed by atoms with Crippen molar-refractivity contribution in [1.29, 1.82) is 0 Å². The first-order valence-corrected chi connectivity index (χ1v) is 6.19. The molecule has 3 heteroatoms. The van der Waals surface area contributed by atoms with Crippen LogP contribution in [-0.4, -0.2) is 15.8 Å². The Kier molecular flexibility index (Phi) is 2.67. The maximum absolute atomic E-state index is 12.7. The maximum atomic E-state index is 12.7. The van der Waals surface area contributed by atoms with Gasteiger partial charge in [0.05, 0.1) is 5.41 Å². The third-order valence-corrected chi connectivity index (χ3v) is 3.77. The van der Waals surface area contributed by atoms with Crippen LogP contribution < -0.4 is 0 Å². The van der Waals surface area contributed by atoms with Gasteiger partial charge in [-0.2, -0.15) is 0 Å². The van der Waals surface area contributed by atoms with E-state index in [0.717, 1.165) is 24.8 Å². The molecular weight excluding hydrogens is 224 g/mol. The first kappa shape index (κ1) is 11.1. The summed E-state index contributed by atoms with van der Waals surface area (Å²) < 4.78 is 0. The molecule has 3 rings (SSSR count). The number of rotatable bonds is 3. The summed E-state index contributed by atoms with van der Waals surface area (Å²) >= 11 is 0. The van der Waals surface area contributed by atoms with E-state index >= 15 is 0 Å². The van der Waals surface area contributed by atoms with Crippen LogP contribution in [0.4, 0.5) is 0 Å². The third kappa shape index (κ3) is 1.63. The molecule has 0 bridgehead atoms. The van der Waals surface area contributed by atoms with E-state index in [9.17, 15) is 4.79 Å². The van der Waals surface area contributed by atoms with Gasteiger partial charge in [-0.1, -0.05) is 12.5 Å². The lowest BCUT2D eigenvalue weighted by atomic mass is 9.61. The lowest BCUT2D eigenvalue weighted by Crippen LogP contribution is -2.42. The predicted molar refractivity (Wildman–Crippen MR) is 68.3 cm³/mol. The summed E-state index contributed by atoms with van der Waals surface area (Å²) in [6, 6.07) is 9.37. The molecule has 90 valence electrons. The van der Waals surface area contributed by atoms with Gasteiger partial charge in [0.1, 0.15) is 5.69 Å². The molecule has 0 amide bonds. The van der Waals surface area contributed by atoms with E-state index in [-0.39, 0.29) is 11.2 Å². The van der Waals surface area contributed by atoms with Crippen molar-refractivity contribution in [1.82, 2.24) is 9.97 Å². The Morgan fingerprint density at radius 3 is 2.39 bits per heavy atom. The summed E-state index contributed by atoms with van der Waals surface area (Å²) in [5.74, 6) is 0.139. The number of Topliss-reactive ketones (excluding diaryl/α,β-unsaturated/α-hetero) is 1. The second-order valence-corrected chi connectivity index (χ2v) is 4.72. The zero-order chi connectivity index (χ0) is 12.4. The Bertz CT molecular complexity index is 547. The van der Waals surface area contributed by atoms with E-state index in [1.807, 2.05) is 24.3 Å². The Labute approximate surface area is 106 Å². The van der Waals surface area contributed by atoms with E-state index < -0.39 is 0 Å². The van der Waals surface area contributed by atoms with Crippen LogP contribution in [0.2, 0.25) is 0 Å². The van der Waals surface area contributed by atoms with Crippen molar-refractivity contribution in [2.45, 2.75) is 24.7 Å². The van der Waals surface area contributed by atoms with E-state index in [4.69, 9.17) is 0 Å². The quantitative estimate of drug-likeness (QED) is 0.772. The predicted octanol–water partition coefficient (Wildman–Crippen LogP) is 2.78. The standard InChI is InChI=1S/C15H14N2O/c18-14(13-4-1-2-9-17-13)15(7-3-8-15)12-5-10-16-11-6-12/h1-2,4-6,9-11H,3,7-8H2. The van der Waals surface area contributed by atoms with Crippen LogP contribution in [0.1, 0.15) is 35.3 Å². The van der Waals surface area contributed by atoms with Crippen molar-refractivity contribution in [2.75, 3.05) is 0 Å². The van der Waals surface area contributed by atoms with Gasteiger partial charge in [0.15, 0.2) is 5.78 Å². The Morgan fingerprint density at radius 1 is 1.06 bits per heavy atom. The largest absolute Gasteiger partial charge is 0.291 e. The molecule has 1 aliphatic carbocycles. The summed E-state index contributed by atoms with van der Waals surface area (Å²) in [5, 5.41) is 0. The fraction of sp³-hybridized carbons (Fsp3) is 0.267. The minimum absolute atomic E-state index is 0.139. The van der Waals surface area contributed by atoms with Gasteiger partial charge in [-0.3, -0.25) is 14.8 Å². The minimum Gasteiger partial charge on any atom is -0.291 e. The molecule has 0 spiro atoms. The van der Waals surface area contributed by atoms with Crippen LogP contribution in [0.25, 0.3) is 0 Å². The molecule has 1 fully saturated rings. The molecule has 0 saturated heterocycles. The molecule has 1 aliphatic rings. The molecule has 0 unspecified atom stereocenters. The van der Waals surface area contributed by atoms with Gasteiger partial charge in [0, 0.05) is 18.6 Å². The lowest BCUT2D eigenvalue weighted by Gasteiger charge is -2.40. The molecule has 2 aromatic heterocycles. The maximum Gasteiger partial charge on any atom is 0.191 e. The minimum atomic E-state index is -0.364. The van der Waals surface area contributed by atoms with Crippen LogP contribution in [-0.2, 0) is 5.41 Å². The molecule has 3 nitrogen and oxygen atoms in total. The van der Waals surface area contributed by atoms with Gasteiger partial charge in [0.25, 0.3) is 0 Å². The summed E-state index contributed by atoms with van der Waals surface area (Å²) in [6.45, 7) is 0. The highest BCUT2D eigenvalue weighted by molar-refractivity contribution is 6.03. The summed E-state index contributed by atoms with van der Waals surface area (Å²) in [6.07, 6.45) is 8.09. The first-order chi connectivity index (χ1) is 8.83. The number of ketones is 1. The van der Waals surface area contributed by atoms with Gasteiger partial charge in [-0.15, -0.1) is 0 Å². The van der Waals surface area contributed by atoms with Crippen LogP contribution in [0.3, 0.4) is 0 Å². The van der Waals surface area contributed by atoms with Crippen molar-refractivity contribution in [2.24, 2.45) is 0 Å². The number of pyridine rings is 2. The SMILES string of the molecule is O=C(c1ccccn1)C1(c2ccncc2)CCC1. The number of carbonyl (C=O) groups excluding carboxylic acids is 1. The molecular formula is C15H14N2O. The highest BCUT2D eigenvalue weighted by atomic mass is 16.1. The smallest absolute Gasteiger partial charge is 0.191 e. The Morgan fingerprint density at radius 2 is 1.83 bits per heavy atom. The molecule has 0 radical (unpaired) electrons. The van der Waals surface area contributed by atoms with E-state index in [1.165, 1.54) is 0 Å². The second kappa shape index (κ2) is 4.33. The highest BCUT2D eigenvalue weighted by Crippen LogP contribution is 2.45. The van der Waals surface area contributed by atoms with Gasteiger partial charge in [-0.05, 0) is 42.7 Å². The van der Waals surface area contributed by atoms with Gasteiger partial charge in [0.2, 0.25) is 0 Å². The molecule has 0 aromatic carbocycles. The van der Waals surface area contributed by atoms with Crippen LogP contribution >= 0.6 is 0 Å². The average molecular weight is 238 g/mol. The molecule has 2 aromatic rings. The molecule has 0 atom stereocenters. The second-order valence-electron chi connectivity index (χ2n) is 4.72. The summed E-state index contributed by atoms with van der Waals surface area (Å²) in [7, 11) is 0. The van der Waals surface area contributed by atoms with Gasteiger partial charge in [-0.25, -0.2) is 0 Å². The first-order valence-electron chi connectivity index (χ1n) is 6.19. The van der Waals surface area contributed by atoms with Crippen molar-refractivity contribution in [3.63, 3.8) is 0 Å². The number of nitrogens with zero attached hydrogens (tertiary/aromatic N) is 2. The number of hydrogen-bond acceptors (Lipinski definition) is 3. The molecule has 0 N–H and O–H groups in total. The van der Waals surface area contributed by atoms with E-state index in [0.29, 0.717) is 5.69 Å². The van der Waals surface area contributed by atoms with E-state index in [1.54, 1.807) is 24.7 Å². The Hall–Kier alpha value is -2.03. The monoisotopic (exact) mass is 238 g/mol. The number of carbonyl (C=O) groups is 1. The molecule has 0 aliphatic heterocycles. The highest BCUT2D eigenvalue weighted by Gasteiger charge is 2.46. The fourth-order valence-electron chi connectivity index (χ4n) is 2.59. The number of aromatic nitrogens is 2. The molecule has 18 heavy (non-hydrogen) atoms. The topological polar surface area (TPSA) is 42.9 Å². The average Bonchev–Trinajstić information content (AvgIpc) is 2.40. The molecule has 2 heterocycles. The fourth-order valence-corrected chi connectivity index (χ4v) is 2.59. The van der Waals surface area contributed by atoms with Crippen LogP contribution in [0.15, 0.2) is 48.9 Å². The number of hydrogen-bond donors (Lipinski definition) is 0. The zero-order valence-corrected chi connectivity index (χ0v) is 10.0. The molecule has 1 saturated carbocycles. The van der Waals surface area contributed by atoms with Gasteiger partial charge >= 0.3 is 0 Å². The zero-order valence-electron chi connectivity index (χ0n) is 10.0. The van der Waals surface area contributed by atoms with Crippen LogP contribution in [0, 0.1) is 0 Å².